The van der Waals surface area contributed by atoms with Crippen molar-refractivity contribution >= 4 is 10.9 Å². The van der Waals surface area contributed by atoms with Gasteiger partial charge in [-0.3, -0.25) is 0 Å². The molecule has 0 radical (unpaired) electrons. The maximum atomic E-state index is 9.37. The molecule has 0 saturated heterocycles. The maximum absolute atomic E-state index is 9.37. The summed E-state index contributed by atoms with van der Waals surface area (Å²) in [5, 5.41) is 9.37. The van der Waals surface area contributed by atoms with Gasteiger partial charge in [-0.15, -0.1) is 0 Å². The largest absolute Gasteiger partial charge is 0.396 e. The van der Waals surface area contributed by atoms with Crippen LogP contribution in [0.3, 0.4) is 0 Å². The molecule has 0 amide bonds. The zero-order chi connectivity index (χ0) is 15.2. The van der Waals surface area contributed by atoms with Crippen LogP contribution in [0, 0.1) is 0 Å². The van der Waals surface area contributed by atoms with E-state index >= 15 is 0 Å². The zero-order valence-electron chi connectivity index (χ0n) is 12.4. The van der Waals surface area contributed by atoms with Crippen molar-refractivity contribution in [2.24, 2.45) is 0 Å². The highest BCUT2D eigenvalue weighted by Gasteiger charge is 2.30. The van der Waals surface area contributed by atoms with E-state index in [-0.39, 0.29) is 17.5 Å². The summed E-state index contributed by atoms with van der Waals surface area (Å²) in [6.45, 7) is 0.178. The number of aliphatic hydroxyl groups is 1. The Balaban J connectivity index is 2.15. The first-order valence-corrected chi connectivity index (χ1v) is 8.66. The fourth-order valence-electron chi connectivity index (χ4n) is 2.53. The molecule has 3 aromatic rings. The van der Waals surface area contributed by atoms with Crippen LogP contribution in [0.4, 0.5) is 0 Å². The van der Waals surface area contributed by atoms with Gasteiger partial charge in [-0.1, -0.05) is 54.6 Å². The first-order valence-electron chi connectivity index (χ1n) is 7.43. The van der Waals surface area contributed by atoms with Crippen molar-refractivity contribution in [1.82, 2.24) is 0 Å². The molecular weight excluding hydrogens is 288 g/mol. The van der Waals surface area contributed by atoms with Crippen LogP contribution in [0.15, 0.2) is 99.6 Å². The minimum absolute atomic E-state index is 0.139. The number of hydrogen-bond donors (Lipinski definition) is 1. The van der Waals surface area contributed by atoms with E-state index in [1.54, 1.807) is 0 Å². The van der Waals surface area contributed by atoms with E-state index in [9.17, 15) is 5.11 Å². The second-order valence-electron chi connectivity index (χ2n) is 5.01. The lowest BCUT2D eigenvalue weighted by molar-refractivity contribution is 0.299. The van der Waals surface area contributed by atoms with E-state index in [4.69, 9.17) is 0 Å². The Kier molecular flexibility index (Phi) is 4.94. The van der Waals surface area contributed by atoms with E-state index in [1.165, 1.54) is 20.2 Å². The van der Waals surface area contributed by atoms with Crippen LogP contribution >= 0.6 is 0 Å². The summed E-state index contributed by atoms with van der Waals surface area (Å²) in [6, 6.07) is 29.7. The molecule has 3 rings (SSSR count). The molecule has 0 aliphatic carbocycles. The Hall–Kier alpha value is -2.03. The summed E-state index contributed by atoms with van der Waals surface area (Å²) < 4.78 is 0. The Morgan fingerprint density at radius 3 is 1.68 bits per heavy atom. The predicted octanol–water partition coefficient (Wildman–Crippen LogP) is 4.32. The Bertz CT molecular complexity index is 671. The van der Waals surface area contributed by atoms with Crippen LogP contribution in [0.2, 0.25) is 0 Å². The van der Waals surface area contributed by atoms with Gasteiger partial charge in [-0.2, -0.15) is 0 Å². The van der Waals surface area contributed by atoms with Crippen LogP contribution in [0.25, 0.3) is 0 Å². The Morgan fingerprint density at radius 1 is 0.636 bits per heavy atom. The number of hydrogen-bond acceptors (Lipinski definition) is 1. The highest BCUT2D eigenvalue weighted by atomic mass is 32.2. The van der Waals surface area contributed by atoms with Crippen LogP contribution < -0.4 is 0 Å². The van der Waals surface area contributed by atoms with Crippen LogP contribution in [-0.4, -0.2) is 11.7 Å². The standard InChI is InChI=1S/C20H19OS/c21-16-15-17-9-7-8-14-20(17)22(18-10-3-1-4-11-18)19-12-5-2-6-13-19/h1-14,21H,15-16H2/q+1. The topological polar surface area (TPSA) is 20.2 Å². The molecule has 110 valence electrons. The SMILES string of the molecule is OCCc1ccccc1[S+](c1ccccc1)c1ccccc1. The summed E-state index contributed by atoms with van der Waals surface area (Å²) >= 11 is 0. The third-order valence-electron chi connectivity index (χ3n) is 3.53. The normalized spacial score (nSPS) is 10.8. The van der Waals surface area contributed by atoms with Crippen molar-refractivity contribution in [1.29, 1.82) is 0 Å². The average Bonchev–Trinajstić information content (AvgIpc) is 2.59. The average molecular weight is 307 g/mol. The molecule has 0 aliphatic heterocycles. The first kappa shape index (κ1) is 14.9. The summed E-state index contributed by atoms with van der Waals surface area (Å²) in [5.41, 5.74) is 1.22. The van der Waals surface area contributed by atoms with E-state index in [0.717, 1.165) is 0 Å². The van der Waals surface area contributed by atoms with Crippen molar-refractivity contribution in [3.63, 3.8) is 0 Å². The van der Waals surface area contributed by atoms with Gasteiger partial charge in [0.05, 0.1) is 10.9 Å². The van der Waals surface area contributed by atoms with Gasteiger partial charge in [-0.25, -0.2) is 0 Å². The molecule has 1 N–H and O–H groups in total. The fourth-order valence-corrected chi connectivity index (χ4v) is 4.82. The van der Waals surface area contributed by atoms with Crippen molar-refractivity contribution in [3.05, 3.63) is 90.5 Å². The molecule has 0 aliphatic rings. The van der Waals surface area contributed by atoms with E-state index in [2.05, 4.69) is 78.9 Å². The molecule has 0 saturated carbocycles. The summed E-state index contributed by atoms with van der Waals surface area (Å²) in [7, 11) is -0.139. The van der Waals surface area contributed by atoms with E-state index < -0.39 is 0 Å². The highest BCUT2D eigenvalue weighted by molar-refractivity contribution is 7.97. The van der Waals surface area contributed by atoms with Crippen LogP contribution in [0.5, 0.6) is 0 Å². The number of rotatable bonds is 5. The van der Waals surface area contributed by atoms with Gasteiger partial charge < -0.3 is 5.11 Å². The van der Waals surface area contributed by atoms with Crippen molar-refractivity contribution in [3.8, 4) is 0 Å². The molecule has 0 fully saturated rings. The van der Waals surface area contributed by atoms with E-state index in [0.29, 0.717) is 6.42 Å². The molecule has 0 unspecified atom stereocenters. The Labute approximate surface area is 134 Å². The van der Waals surface area contributed by atoms with Gasteiger partial charge in [0.2, 0.25) is 0 Å². The number of aliphatic hydroxyl groups excluding tert-OH is 1. The van der Waals surface area contributed by atoms with Gasteiger partial charge in [0.1, 0.15) is 0 Å². The predicted molar refractivity (Wildman–Crippen MR) is 92.3 cm³/mol. The third-order valence-corrected chi connectivity index (χ3v) is 5.86. The monoisotopic (exact) mass is 307 g/mol. The molecule has 0 atom stereocenters. The summed E-state index contributed by atoms with van der Waals surface area (Å²) in [6.07, 6.45) is 0.694. The lowest BCUT2D eigenvalue weighted by Crippen LogP contribution is -2.08. The van der Waals surface area contributed by atoms with Crippen molar-refractivity contribution in [2.45, 2.75) is 21.1 Å². The van der Waals surface area contributed by atoms with E-state index in [1.807, 2.05) is 6.07 Å². The van der Waals surface area contributed by atoms with Gasteiger partial charge >= 0.3 is 0 Å². The van der Waals surface area contributed by atoms with Gasteiger partial charge in [0.25, 0.3) is 0 Å². The molecule has 0 heterocycles. The van der Waals surface area contributed by atoms with Gasteiger partial charge in [-0.05, 0) is 30.3 Å². The van der Waals surface area contributed by atoms with Crippen LogP contribution in [-0.2, 0) is 17.3 Å². The Morgan fingerprint density at radius 2 is 1.14 bits per heavy atom. The second kappa shape index (κ2) is 7.30. The minimum atomic E-state index is -0.139. The number of benzene rings is 3. The molecule has 3 aromatic carbocycles. The van der Waals surface area contributed by atoms with Gasteiger partial charge in [0, 0.05) is 18.6 Å². The summed E-state index contributed by atoms with van der Waals surface area (Å²) in [5.74, 6) is 0. The molecular formula is C20H19OS+. The minimum Gasteiger partial charge on any atom is -0.396 e. The smallest absolute Gasteiger partial charge is 0.169 e. The highest BCUT2D eigenvalue weighted by Crippen LogP contribution is 2.33. The molecule has 22 heavy (non-hydrogen) atoms. The van der Waals surface area contributed by atoms with Crippen molar-refractivity contribution in [2.75, 3.05) is 6.61 Å². The second-order valence-corrected chi connectivity index (χ2v) is 7.01. The third kappa shape index (κ3) is 3.24. The van der Waals surface area contributed by atoms with Gasteiger partial charge in [0.15, 0.2) is 14.7 Å². The zero-order valence-corrected chi connectivity index (χ0v) is 13.2. The maximum Gasteiger partial charge on any atom is 0.169 e. The molecule has 2 heteroatoms. The fraction of sp³-hybridized carbons (Fsp3) is 0.100. The van der Waals surface area contributed by atoms with Crippen molar-refractivity contribution < 1.29 is 5.11 Å². The summed E-state index contributed by atoms with van der Waals surface area (Å²) in [4.78, 5) is 3.91. The quantitative estimate of drug-likeness (QED) is 0.696. The van der Waals surface area contributed by atoms with Crippen LogP contribution in [0.1, 0.15) is 5.56 Å². The lowest BCUT2D eigenvalue weighted by Gasteiger charge is -2.11. The molecule has 1 nitrogen and oxygen atoms in total. The molecule has 0 spiro atoms. The first-order chi connectivity index (χ1) is 10.9. The molecule has 0 bridgehead atoms. The molecule has 0 aromatic heterocycles. The lowest BCUT2D eigenvalue weighted by atomic mass is 10.2.